The first-order chi connectivity index (χ1) is 12.6. The van der Waals surface area contributed by atoms with Gasteiger partial charge in [-0.1, -0.05) is 23.7 Å². The number of methoxy groups -OCH3 is 1. The number of fused-ring (bicyclic) bond motifs is 2. The second-order valence-corrected chi connectivity index (χ2v) is 6.50. The van der Waals surface area contributed by atoms with Gasteiger partial charge in [0.2, 0.25) is 0 Å². The Morgan fingerprint density at radius 3 is 2.69 bits per heavy atom. The fourth-order valence-corrected chi connectivity index (χ4v) is 3.27. The van der Waals surface area contributed by atoms with Gasteiger partial charge in [0, 0.05) is 18.6 Å². The van der Waals surface area contributed by atoms with Crippen molar-refractivity contribution in [2.75, 3.05) is 24.4 Å². The Morgan fingerprint density at radius 1 is 1.19 bits per heavy atom. The van der Waals surface area contributed by atoms with Crippen LogP contribution >= 0.6 is 11.6 Å². The van der Waals surface area contributed by atoms with Crippen LogP contribution in [0.25, 0.3) is 0 Å². The Bertz CT molecular complexity index is 982. The SMILES string of the molecule is COc1ccc(Cn2cnc3c2C(=O)Nc2cc(Cl)ccc2N3C)cc1. The van der Waals surface area contributed by atoms with Crippen molar-refractivity contribution in [2.24, 2.45) is 0 Å². The molecule has 1 aliphatic rings. The van der Waals surface area contributed by atoms with Gasteiger partial charge in [0.1, 0.15) is 5.75 Å². The predicted octanol–water partition coefficient (Wildman–Crippen LogP) is 3.93. The van der Waals surface area contributed by atoms with Gasteiger partial charge in [-0.3, -0.25) is 4.79 Å². The monoisotopic (exact) mass is 368 g/mol. The van der Waals surface area contributed by atoms with Crippen LogP contribution in [0.15, 0.2) is 48.8 Å². The maximum atomic E-state index is 12.8. The number of carbonyl (C=O) groups is 1. The summed E-state index contributed by atoms with van der Waals surface area (Å²) in [4.78, 5) is 19.2. The van der Waals surface area contributed by atoms with Gasteiger partial charge >= 0.3 is 0 Å². The molecular formula is C19H17ClN4O2. The molecule has 0 radical (unpaired) electrons. The molecule has 1 N–H and O–H groups in total. The number of rotatable bonds is 3. The van der Waals surface area contributed by atoms with E-state index < -0.39 is 0 Å². The van der Waals surface area contributed by atoms with Crippen molar-refractivity contribution in [2.45, 2.75) is 6.54 Å². The molecule has 1 aromatic heterocycles. The Kier molecular flexibility index (Phi) is 4.05. The number of aromatic nitrogens is 2. The highest BCUT2D eigenvalue weighted by atomic mass is 35.5. The third-order valence-electron chi connectivity index (χ3n) is 4.43. The van der Waals surface area contributed by atoms with Crippen LogP contribution in [0.4, 0.5) is 17.2 Å². The highest BCUT2D eigenvalue weighted by molar-refractivity contribution is 6.31. The molecule has 0 aliphatic carbocycles. The van der Waals surface area contributed by atoms with Gasteiger partial charge in [-0.05, 0) is 35.9 Å². The molecule has 6 nitrogen and oxygen atoms in total. The van der Waals surface area contributed by atoms with Gasteiger partial charge < -0.3 is 19.5 Å². The van der Waals surface area contributed by atoms with Crippen LogP contribution in [0.1, 0.15) is 16.1 Å². The molecule has 0 saturated carbocycles. The topological polar surface area (TPSA) is 59.4 Å². The lowest BCUT2D eigenvalue weighted by Gasteiger charge is -2.17. The minimum atomic E-state index is -0.209. The molecule has 0 atom stereocenters. The van der Waals surface area contributed by atoms with Gasteiger partial charge in [-0.15, -0.1) is 0 Å². The summed E-state index contributed by atoms with van der Waals surface area (Å²) in [5, 5.41) is 3.50. The summed E-state index contributed by atoms with van der Waals surface area (Å²) < 4.78 is 7.03. The Labute approximate surface area is 156 Å². The van der Waals surface area contributed by atoms with Crippen molar-refractivity contribution in [1.29, 1.82) is 0 Å². The summed E-state index contributed by atoms with van der Waals surface area (Å²) in [5.41, 5.74) is 3.07. The molecular weight excluding hydrogens is 352 g/mol. The Balaban J connectivity index is 1.72. The number of hydrogen-bond donors (Lipinski definition) is 1. The number of nitrogens with one attached hydrogen (secondary N) is 1. The molecule has 2 heterocycles. The summed E-state index contributed by atoms with van der Waals surface area (Å²) >= 11 is 6.07. The van der Waals surface area contributed by atoms with Crippen molar-refractivity contribution in [3.8, 4) is 5.75 Å². The molecule has 0 spiro atoms. The quantitative estimate of drug-likeness (QED) is 0.761. The van der Waals surface area contributed by atoms with E-state index in [0.29, 0.717) is 28.8 Å². The van der Waals surface area contributed by atoms with Crippen LogP contribution in [-0.2, 0) is 6.54 Å². The minimum absolute atomic E-state index is 0.209. The first-order valence-electron chi connectivity index (χ1n) is 8.09. The second kappa shape index (κ2) is 6.38. The standard InChI is InChI=1S/C19H17ClN4O2/c1-23-16-8-5-13(20)9-15(16)22-19(25)17-18(23)21-11-24(17)10-12-3-6-14(26-2)7-4-12/h3-9,11H,10H2,1-2H3,(H,22,25). The van der Waals surface area contributed by atoms with E-state index in [9.17, 15) is 4.79 Å². The smallest absolute Gasteiger partial charge is 0.276 e. The Morgan fingerprint density at radius 2 is 1.96 bits per heavy atom. The molecule has 1 aliphatic heterocycles. The van der Waals surface area contributed by atoms with Gasteiger partial charge in [-0.2, -0.15) is 0 Å². The number of benzene rings is 2. The highest BCUT2D eigenvalue weighted by Crippen LogP contribution is 2.37. The van der Waals surface area contributed by atoms with Crippen molar-refractivity contribution < 1.29 is 9.53 Å². The largest absolute Gasteiger partial charge is 0.497 e. The minimum Gasteiger partial charge on any atom is -0.497 e. The highest BCUT2D eigenvalue weighted by Gasteiger charge is 2.28. The summed E-state index contributed by atoms with van der Waals surface area (Å²) in [6, 6.07) is 13.1. The number of imidazole rings is 1. The van der Waals surface area contributed by atoms with E-state index in [0.717, 1.165) is 17.0 Å². The molecule has 2 aromatic carbocycles. The molecule has 4 rings (SSSR count). The average molecular weight is 369 g/mol. The third-order valence-corrected chi connectivity index (χ3v) is 4.67. The zero-order chi connectivity index (χ0) is 18.3. The van der Waals surface area contributed by atoms with E-state index >= 15 is 0 Å². The number of ether oxygens (including phenoxy) is 1. The van der Waals surface area contributed by atoms with Crippen molar-refractivity contribution in [3.63, 3.8) is 0 Å². The van der Waals surface area contributed by atoms with Crippen LogP contribution in [0.2, 0.25) is 5.02 Å². The second-order valence-electron chi connectivity index (χ2n) is 6.07. The van der Waals surface area contributed by atoms with E-state index in [1.165, 1.54) is 0 Å². The van der Waals surface area contributed by atoms with Gasteiger partial charge in [0.25, 0.3) is 5.91 Å². The molecule has 0 fully saturated rings. The zero-order valence-corrected chi connectivity index (χ0v) is 15.1. The molecule has 26 heavy (non-hydrogen) atoms. The van der Waals surface area contributed by atoms with E-state index in [4.69, 9.17) is 16.3 Å². The van der Waals surface area contributed by atoms with Crippen LogP contribution in [0.3, 0.4) is 0 Å². The van der Waals surface area contributed by atoms with Crippen LogP contribution in [0, 0.1) is 0 Å². The van der Waals surface area contributed by atoms with Crippen molar-refractivity contribution in [3.05, 3.63) is 65.1 Å². The number of carbonyl (C=O) groups excluding carboxylic acids is 1. The fraction of sp³-hybridized carbons (Fsp3) is 0.158. The number of nitrogens with zero attached hydrogens (tertiary/aromatic N) is 3. The molecule has 0 unspecified atom stereocenters. The fourth-order valence-electron chi connectivity index (χ4n) is 3.09. The number of hydrogen-bond acceptors (Lipinski definition) is 4. The molecule has 3 aromatic rings. The van der Waals surface area contributed by atoms with Crippen molar-refractivity contribution in [1.82, 2.24) is 9.55 Å². The lowest BCUT2D eigenvalue weighted by molar-refractivity contribution is 0.102. The number of anilines is 3. The first-order valence-corrected chi connectivity index (χ1v) is 8.47. The lowest BCUT2D eigenvalue weighted by atomic mass is 10.2. The van der Waals surface area contributed by atoms with E-state index in [1.807, 2.05) is 46.8 Å². The number of halogens is 1. The predicted molar refractivity (Wildman–Crippen MR) is 102 cm³/mol. The van der Waals surface area contributed by atoms with Gasteiger partial charge in [0.15, 0.2) is 11.5 Å². The van der Waals surface area contributed by atoms with Crippen LogP contribution in [0.5, 0.6) is 5.75 Å². The van der Waals surface area contributed by atoms with Crippen LogP contribution < -0.4 is 15.0 Å². The van der Waals surface area contributed by atoms with Crippen molar-refractivity contribution >= 4 is 34.7 Å². The summed E-state index contributed by atoms with van der Waals surface area (Å²) in [6.45, 7) is 0.532. The molecule has 0 saturated heterocycles. The van der Waals surface area contributed by atoms with Gasteiger partial charge in [0.05, 0.1) is 24.8 Å². The van der Waals surface area contributed by atoms with Gasteiger partial charge in [-0.25, -0.2) is 4.98 Å². The maximum Gasteiger partial charge on any atom is 0.276 e. The molecule has 1 amide bonds. The first kappa shape index (κ1) is 16.5. The molecule has 7 heteroatoms. The average Bonchev–Trinajstić information content (AvgIpc) is 3.01. The van der Waals surface area contributed by atoms with E-state index in [2.05, 4.69) is 10.3 Å². The Hall–Kier alpha value is -2.99. The summed E-state index contributed by atoms with van der Waals surface area (Å²) in [5.74, 6) is 1.19. The number of amides is 1. The summed E-state index contributed by atoms with van der Waals surface area (Å²) in [6.07, 6.45) is 1.69. The zero-order valence-electron chi connectivity index (χ0n) is 14.4. The lowest BCUT2D eigenvalue weighted by Crippen LogP contribution is -2.17. The molecule has 0 bridgehead atoms. The van der Waals surface area contributed by atoms with E-state index in [1.54, 1.807) is 25.6 Å². The van der Waals surface area contributed by atoms with Crippen LogP contribution in [-0.4, -0.2) is 29.6 Å². The van der Waals surface area contributed by atoms with E-state index in [-0.39, 0.29) is 5.91 Å². The maximum absolute atomic E-state index is 12.8. The normalized spacial score (nSPS) is 12.9. The summed E-state index contributed by atoms with van der Waals surface area (Å²) in [7, 11) is 3.52. The third kappa shape index (κ3) is 2.78. The molecule has 132 valence electrons.